The molecule has 3 rings (SSSR count). The van der Waals surface area contributed by atoms with Crippen molar-refractivity contribution in [3.05, 3.63) is 61.3 Å². The number of carbonyl (C=O) groups is 2. The molecule has 1 aromatic carbocycles. The van der Waals surface area contributed by atoms with Gasteiger partial charge in [0.05, 0.1) is 11.3 Å². The molecule has 1 aliphatic rings. The number of carboxylic acid groups (broad SMARTS) is 1. The quantitative estimate of drug-likeness (QED) is 0.464. The van der Waals surface area contributed by atoms with Crippen molar-refractivity contribution in [1.29, 1.82) is 0 Å². The Morgan fingerprint density at radius 3 is 2.41 bits per heavy atom. The molecule has 1 aromatic heterocycles. The summed E-state index contributed by atoms with van der Waals surface area (Å²) in [5.41, 5.74) is 4.12. The SMILES string of the molecule is Cn1cc2c(cc1=O)CCN(Nc1ccc(I)cc1F)C2=O.O=C(O)C(F)(F)F. The van der Waals surface area contributed by atoms with Gasteiger partial charge in [-0.25, -0.2) is 9.18 Å². The second-order valence-corrected chi connectivity index (χ2v) is 7.15. The number of alkyl halides is 3. The molecule has 1 amide bonds. The van der Waals surface area contributed by atoms with Crippen molar-refractivity contribution in [2.45, 2.75) is 12.6 Å². The Balaban J connectivity index is 0.000000370. The average molecular weight is 527 g/mol. The molecule has 0 radical (unpaired) electrons. The summed E-state index contributed by atoms with van der Waals surface area (Å²) in [5, 5.41) is 8.50. The predicted octanol–water partition coefficient (Wildman–Crippen LogP) is 2.79. The van der Waals surface area contributed by atoms with Crippen molar-refractivity contribution in [2.24, 2.45) is 7.05 Å². The number of hydrogen-bond acceptors (Lipinski definition) is 4. The van der Waals surface area contributed by atoms with Crippen LogP contribution < -0.4 is 11.0 Å². The van der Waals surface area contributed by atoms with E-state index < -0.39 is 18.0 Å². The van der Waals surface area contributed by atoms with Crippen molar-refractivity contribution < 1.29 is 32.3 Å². The molecule has 0 aliphatic carbocycles. The Labute approximate surface area is 175 Å². The van der Waals surface area contributed by atoms with E-state index in [1.54, 1.807) is 19.2 Å². The van der Waals surface area contributed by atoms with E-state index in [0.717, 1.165) is 9.13 Å². The molecule has 0 saturated heterocycles. The molecule has 156 valence electrons. The molecule has 2 aromatic rings. The van der Waals surface area contributed by atoms with E-state index in [-0.39, 0.29) is 17.2 Å². The molecule has 12 heteroatoms. The molecule has 0 atom stereocenters. The number of nitrogens with one attached hydrogen (secondary N) is 1. The second kappa shape index (κ2) is 8.80. The standard InChI is InChI=1S/C15H13FIN3O2.C2HF3O2/c1-19-8-11-9(6-14(19)21)4-5-20(15(11)22)18-13-3-2-10(17)7-12(13)16;3-2(4,5)1(6)7/h2-3,6-8,18H,4-5H2,1H3;(H,6,7). The number of aryl methyl sites for hydroxylation is 1. The average Bonchev–Trinajstić information content (AvgIpc) is 2.61. The smallest absolute Gasteiger partial charge is 0.475 e. The number of aliphatic carboxylic acids is 1. The molecule has 0 saturated carbocycles. The first-order chi connectivity index (χ1) is 13.4. The van der Waals surface area contributed by atoms with E-state index >= 15 is 0 Å². The van der Waals surface area contributed by atoms with Crippen molar-refractivity contribution in [3.63, 3.8) is 0 Å². The summed E-state index contributed by atoms with van der Waals surface area (Å²) in [6.45, 7) is 0.379. The number of halogens is 5. The van der Waals surface area contributed by atoms with Gasteiger partial charge < -0.3 is 9.67 Å². The summed E-state index contributed by atoms with van der Waals surface area (Å²) < 4.78 is 47.8. The Morgan fingerprint density at radius 2 is 1.86 bits per heavy atom. The van der Waals surface area contributed by atoms with Crippen molar-refractivity contribution in [1.82, 2.24) is 9.58 Å². The van der Waals surface area contributed by atoms with Crippen LogP contribution in [-0.2, 0) is 18.3 Å². The van der Waals surface area contributed by atoms with Gasteiger partial charge in [0.15, 0.2) is 0 Å². The minimum absolute atomic E-state index is 0.142. The van der Waals surface area contributed by atoms with Crippen LogP contribution in [0.25, 0.3) is 0 Å². The summed E-state index contributed by atoms with van der Waals surface area (Å²) in [6.07, 6.45) is -3.01. The maximum Gasteiger partial charge on any atom is 0.490 e. The van der Waals surface area contributed by atoms with E-state index in [1.807, 2.05) is 22.6 Å². The van der Waals surface area contributed by atoms with Crippen LogP contribution in [0, 0.1) is 9.39 Å². The molecule has 0 bridgehead atoms. The number of carbonyl (C=O) groups excluding carboxylic acids is 1. The molecule has 0 fully saturated rings. The van der Waals surface area contributed by atoms with Crippen LogP contribution in [-0.4, -0.2) is 39.3 Å². The fourth-order valence-electron chi connectivity index (χ4n) is 2.38. The summed E-state index contributed by atoms with van der Waals surface area (Å²) in [4.78, 5) is 33.0. The molecular formula is C17H14F4IN3O4. The zero-order valence-corrected chi connectivity index (χ0v) is 16.9. The van der Waals surface area contributed by atoms with Crippen LogP contribution >= 0.6 is 22.6 Å². The van der Waals surface area contributed by atoms with Gasteiger partial charge in [-0.3, -0.25) is 20.0 Å². The first kappa shape index (κ1) is 22.6. The van der Waals surface area contributed by atoms with Gasteiger partial charge in [0.2, 0.25) is 0 Å². The zero-order valence-electron chi connectivity index (χ0n) is 14.8. The minimum atomic E-state index is -5.08. The summed E-state index contributed by atoms with van der Waals surface area (Å²) in [7, 11) is 1.60. The molecule has 0 spiro atoms. The van der Waals surface area contributed by atoms with E-state index in [0.29, 0.717) is 18.5 Å². The van der Waals surface area contributed by atoms with E-state index in [9.17, 15) is 27.2 Å². The first-order valence-corrected chi connectivity index (χ1v) is 9.01. The number of hydrazine groups is 1. The van der Waals surface area contributed by atoms with Gasteiger partial charge in [0, 0.05) is 29.4 Å². The van der Waals surface area contributed by atoms with Crippen LogP contribution in [0.5, 0.6) is 0 Å². The van der Waals surface area contributed by atoms with Crippen molar-refractivity contribution >= 4 is 40.2 Å². The maximum absolute atomic E-state index is 13.9. The van der Waals surface area contributed by atoms with Gasteiger partial charge in [-0.15, -0.1) is 0 Å². The lowest BCUT2D eigenvalue weighted by molar-refractivity contribution is -0.192. The van der Waals surface area contributed by atoms with E-state index in [1.165, 1.54) is 27.9 Å². The largest absolute Gasteiger partial charge is 0.490 e. The Hall–Kier alpha value is -2.64. The normalized spacial score (nSPS) is 13.3. The number of carboxylic acids is 1. The number of aromatic nitrogens is 1. The van der Waals surface area contributed by atoms with Crippen LogP contribution in [0.4, 0.5) is 23.2 Å². The van der Waals surface area contributed by atoms with Gasteiger partial charge in [-0.05, 0) is 52.8 Å². The minimum Gasteiger partial charge on any atom is -0.475 e. The summed E-state index contributed by atoms with van der Waals surface area (Å²) in [5.74, 6) is -3.44. The number of hydrogen-bond donors (Lipinski definition) is 2. The third kappa shape index (κ3) is 5.68. The highest BCUT2D eigenvalue weighted by molar-refractivity contribution is 14.1. The molecule has 0 unspecified atom stereocenters. The van der Waals surface area contributed by atoms with Gasteiger partial charge in [-0.1, -0.05) is 0 Å². The topological polar surface area (TPSA) is 91.6 Å². The Kier molecular flexibility index (Phi) is 6.87. The molecule has 7 nitrogen and oxygen atoms in total. The molecular weight excluding hydrogens is 513 g/mol. The zero-order chi connectivity index (χ0) is 21.9. The van der Waals surface area contributed by atoms with Gasteiger partial charge in [0.25, 0.3) is 11.5 Å². The summed E-state index contributed by atoms with van der Waals surface area (Å²) in [6, 6.07) is 6.24. The molecule has 2 heterocycles. The third-order valence-electron chi connectivity index (χ3n) is 3.82. The Morgan fingerprint density at radius 1 is 1.24 bits per heavy atom. The lowest BCUT2D eigenvalue weighted by Crippen LogP contribution is -2.42. The summed E-state index contributed by atoms with van der Waals surface area (Å²) >= 11 is 2.02. The highest BCUT2D eigenvalue weighted by Crippen LogP contribution is 2.21. The second-order valence-electron chi connectivity index (χ2n) is 5.91. The maximum atomic E-state index is 13.9. The lowest BCUT2D eigenvalue weighted by atomic mass is 10.0. The fraction of sp³-hybridized carbons (Fsp3) is 0.235. The highest BCUT2D eigenvalue weighted by atomic mass is 127. The molecule has 2 N–H and O–H groups in total. The fourth-order valence-corrected chi connectivity index (χ4v) is 2.83. The van der Waals surface area contributed by atoms with Crippen molar-refractivity contribution in [2.75, 3.05) is 12.0 Å². The first-order valence-electron chi connectivity index (χ1n) is 7.93. The number of benzene rings is 1. The number of fused-ring (bicyclic) bond motifs is 1. The number of pyridine rings is 1. The van der Waals surface area contributed by atoms with E-state index in [2.05, 4.69) is 5.43 Å². The lowest BCUT2D eigenvalue weighted by Gasteiger charge is -2.29. The van der Waals surface area contributed by atoms with Crippen LogP contribution in [0.15, 0.2) is 35.3 Å². The van der Waals surface area contributed by atoms with E-state index in [4.69, 9.17) is 9.90 Å². The third-order valence-corrected chi connectivity index (χ3v) is 4.49. The highest BCUT2D eigenvalue weighted by Gasteiger charge is 2.38. The van der Waals surface area contributed by atoms with Gasteiger partial charge >= 0.3 is 12.1 Å². The van der Waals surface area contributed by atoms with Crippen LogP contribution in [0.3, 0.4) is 0 Å². The van der Waals surface area contributed by atoms with Gasteiger partial charge in [0.1, 0.15) is 5.82 Å². The van der Waals surface area contributed by atoms with Gasteiger partial charge in [-0.2, -0.15) is 13.2 Å². The molecule has 29 heavy (non-hydrogen) atoms. The number of anilines is 1. The number of amides is 1. The van der Waals surface area contributed by atoms with Crippen molar-refractivity contribution in [3.8, 4) is 0 Å². The molecule has 1 aliphatic heterocycles. The Bertz CT molecular complexity index is 1010. The number of rotatable bonds is 2. The predicted molar refractivity (Wildman–Crippen MR) is 103 cm³/mol. The van der Waals surface area contributed by atoms with Crippen LogP contribution in [0.2, 0.25) is 0 Å². The number of nitrogens with zero attached hydrogens (tertiary/aromatic N) is 2. The van der Waals surface area contributed by atoms with Crippen LogP contribution in [0.1, 0.15) is 15.9 Å². The monoisotopic (exact) mass is 527 g/mol.